The van der Waals surface area contributed by atoms with Crippen LogP contribution in [0.15, 0.2) is 0 Å². The molecule has 3 aliphatic carbocycles. The Balaban J connectivity index is 1.43. The fourth-order valence-corrected chi connectivity index (χ4v) is 7.75. The number of alkyl halides is 6. The summed E-state index contributed by atoms with van der Waals surface area (Å²) in [5.74, 6) is -4.94. The molecule has 38 heavy (non-hydrogen) atoms. The van der Waals surface area contributed by atoms with Gasteiger partial charge in [-0.05, 0) is 56.8 Å². The summed E-state index contributed by atoms with van der Waals surface area (Å²) < 4.78 is 81.3. The number of nitrogens with zero attached hydrogens (tertiary/aromatic N) is 3. The molecule has 0 aromatic carbocycles. The van der Waals surface area contributed by atoms with Crippen LogP contribution in [0.3, 0.4) is 0 Å². The molecule has 0 radical (unpaired) electrons. The van der Waals surface area contributed by atoms with E-state index in [2.05, 4.69) is 9.80 Å². The molecule has 4 atom stereocenters. The molecule has 4 aliphatic rings. The molecule has 10 heteroatoms. The fourth-order valence-electron chi connectivity index (χ4n) is 7.75. The first-order valence-corrected chi connectivity index (χ1v) is 14.8. The van der Waals surface area contributed by atoms with Crippen molar-refractivity contribution in [3.63, 3.8) is 0 Å². The first-order chi connectivity index (χ1) is 17.9. The second-order valence-corrected chi connectivity index (χ2v) is 12.4. The molecule has 1 heterocycles. The summed E-state index contributed by atoms with van der Waals surface area (Å²) in [5.41, 5.74) is 0. The van der Waals surface area contributed by atoms with Crippen LogP contribution in [0.5, 0.6) is 0 Å². The average molecular weight is 554 g/mol. The predicted octanol–water partition coefficient (Wildman–Crippen LogP) is 6.50. The molecular weight excluding hydrogens is 508 g/mol. The molecule has 0 aromatic rings. The highest BCUT2D eigenvalue weighted by atomic mass is 19.4. The van der Waals surface area contributed by atoms with Crippen LogP contribution in [0.4, 0.5) is 26.3 Å². The zero-order valence-electron chi connectivity index (χ0n) is 22.7. The van der Waals surface area contributed by atoms with Crippen molar-refractivity contribution in [3.8, 4) is 0 Å². The summed E-state index contributed by atoms with van der Waals surface area (Å²) in [5, 5.41) is 0. The van der Waals surface area contributed by atoms with Gasteiger partial charge in [0.25, 0.3) is 0 Å². The van der Waals surface area contributed by atoms with E-state index in [-0.39, 0.29) is 37.3 Å². The van der Waals surface area contributed by atoms with Crippen molar-refractivity contribution in [2.45, 2.75) is 108 Å². The first-order valence-electron chi connectivity index (χ1n) is 14.8. The number of carbonyl (C=O) groups excluding carboxylic acids is 1. The maximum atomic E-state index is 13.9. The van der Waals surface area contributed by atoms with Crippen molar-refractivity contribution in [2.75, 3.05) is 39.8 Å². The van der Waals surface area contributed by atoms with Gasteiger partial charge in [0, 0.05) is 45.8 Å². The average Bonchev–Trinajstić information content (AvgIpc) is 2.89. The maximum Gasteiger partial charge on any atom is 0.392 e. The number of likely N-dealkylation sites (N-methyl/N-ethyl adjacent to an activating group) is 1. The number of amides is 1. The highest BCUT2D eigenvalue weighted by Crippen LogP contribution is 2.48. The van der Waals surface area contributed by atoms with Crippen LogP contribution in [0.1, 0.15) is 83.5 Å². The second kappa shape index (κ2) is 12.6. The third kappa shape index (κ3) is 7.38. The summed E-state index contributed by atoms with van der Waals surface area (Å²) in [6, 6.07) is 0.258. The van der Waals surface area contributed by atoms with Crippen molar-refractivity contribution in [2.24, 2.45) is 23.7 Å². The van der Waals surface area contributed by atoms with Crippen molar-refractivity contribution in [1.29, 1.82) is 0 Å². The van der Waals surface area contributed by atoms with Crippen molar-refractivity contribution in [1.82, 2.24) is 14.7 Å². The molecule has 4 nitrogen and oxygen atoms in total. The Morgan fingerprint density at radius 3 is 1.92 bits per heavy atom. The van der Waals surface area contributed by atoms with Gasteiger partial charge >= 0.3 is 12.4 Å². The number of piperazine rings is 1. The summed E-state index contributed by atoms with van der Waals surface area (Å²) in [6.45, 7) is 3.22. The molecule has 1 aliphatic heterocycles. The van der Waals surface area contributed by atoms with Gasteiger partial charge in [0.2, 0.25) is 5.91 Å². The minimum absolute atomic E-state index is 0.140. The molecule has 4 fully saturated rings. The van der Waals surface area contributed by atoms with E-state index in [4.69, 9.17) is 0 Å². The van der Waals surface area contributed by atoms with Gasteiger partial charge in [0.05, 0.1) is 17.9 Å². The van der Waals surface area contributed by atoms with Crippen LogP contribution in [-0.4, -0.2) is 84.8 Å². The lowest BCUT2D eigenvalue weighted by atomic mass is 9.73. The summed E-state index contributed by atoms with van der Waals surface area (Å²) in [4.78, 5) is 20.1. The van der Waals surface area contributed by atoms with Gasteiger partial charge in [-0.15, -0.1) is 0 Å². The van der Waals surface area contributed by atoms with Crippen molar-refractivity contribution in [3.05, 3.63) is 0 Å². The van der Waals surface area contributed by atoms with Crippen LogP contribution in [-0.2, 0) is 4.79 Å². The molecule has 0 bridgehead atoms. The van der Waals surface area contributed by atoms with Crippen molar-refractivity contribution < 1.29 is 31.1 Å². The lowest BCUT2D eigenvalue weighted by molar-refractivity contribution is -0.235. The normalized spacial score (nSPS) is 30.8. The molecule has 1 amide bonds. The zero-order chi connectivity index (χ0) is 27.5. The molecule has 4 rings (SSSR count). The van der Waals surface area contributed by atoms with Crippen LogP contribution in [0.25, 0.3) is 0 Å². The highest BCUT2D eigenvalue weighted by molar-refractivity contribution is 5.82. The van der Waals surface area contributed by atoms with E-state index < -0.39 is 36.5 Å². The lowest BCUT2D eigenvalue weighted by Gasteiger charge is -2.46. The van der Waals surface area contributed by atoms with Gasteiger partial charge in [-0.1, -0.05) is 38.5 Å². The Morgan fingerprint density at radius 1 is 0.789 bits per heavy atom. The molecule has 0 N–H and O–H groups in total. The third-order valence-electron chi connectivity index (χ3n) is 9.94. The van der Waals surface area contributed by atoms with Gasteiger partial charge in [-0.25, -0.2) is 0 Å². The van der Waals surface area contributed by atoms with Gasteiger partial charge in [0.15, 0.2) is 0 Å². The van der Waals surface area contributed by atoms with Gasteiger partial charge in [-0.3, -0.25) is 14.6 Å². The number of rotatable bonds is 6. The summed E-state index contributed by atoms with van der Waals surface area (Å²) in [7, 11) is 1.56. The molecule has 220 valence electrons. The van der Waals surface area contributed by atoms with Crippen LogP contribution < -0.4 is 0 Å². The van der Waals surface area contributed by atoms with E-state index in [0.717, 1.165) is 58.3 Å². The number of halogens is 6. The smallest absolute Gasteiger partial charge is 0.344 e. The SMILES string of the molecule is CN(CC1CCC(C(F)(F)F)CC1C(F)(F)F)C(=O)C(C1CCCCC1)N1CCN(C2CCCCC2)CC1. The van der Waals surface area contributed by atoms with Gasteiger partial charge < -0.3 is 4.90 Å². The zero-order valence-corrected chi connectivity index (χ0v) is 22.7. The fraction of sp³-hybridized carbons (Fsp3) is 0.964. The lowest BCUT2D eigenvalue weighted by Crippen LogP contribution is -2.59. The molecular formula is C28H45F6N3O. The molecule has 0 aromatic heterocycles. The Labute approximate surface area is 223 Å². The van der Waals surface area contributed by atoms with E-state index in [9.17, 15) is 31.1 Å². The molecule has 4 unspecified atom stereocenters. The highest BCUT2D eigenvalue weighted by Gasteiger charge is 2.53. The monoisotopic (exact) mass is 553 g/mol. The topological polar surface area (TPSA) is 26.8 Å². The molecule has 3 saturated carbocycles. The third-order valence-corrected chi connectivity index (χ3v) is 9.94. The quantitative estimate of drug-likeness (QED) is 0.352. The number of hydrogen-bond donors (Lipinski definition) is 0. The van der Waals surface area contributed by atoms with E-state index in [1.807, 2.05) is 0 Å². The number of carbonyl (C=O) groups is 1. The molecule has 0 spiro atoms. The van der Waals surface area contributed by atoms with E-state index in [1.165, 1.54) is 37.0 Å². The number of hydrogen-bond acceptors (Lipinski definition) is 3. The van der Waals surface area contributed by atoms with Gasteiger partial charge in [-0.2, -0.15) is 26.3 Å². The molecule has 1 saturated heterocycles. The summed E-state index contributed by atoms with van der Waals surface area (Å²) in [6.07, 6.45) is 0.665. The van der Waals surface area contributed by atoms with Gasteiger partial charge in [0.1, 0.15) is 0 Å². The first kappa shape index (κ1) is 29.9. The standard InChI is InChI=1S/C28H45F6N3O/c1-35(19-21-12-13-22(27(29,30)31)18-24(21)28(32,33)34)26(38)25(20-8-4-2-5-9-20)37-16-14-36(15-17-37)23-10-6-3-7-11-23/h20-25H,2-19H2,1H3. The largest absolute Gasteiger partial charge is 0.392 e. The van der Waals surface area contributed by atoms with Crippen LogP contribution >= 0.6 is 0 Å². The second-order valence-electron chi connectivity index (χ2n) is 12.4. The Kier molecular flexibility index (Phi) is 9.97. The summed E-state index contributed by atoms with van der Waals surface area (Å²) >= 11 is 0. The van der Waals surface area contributed by atoms with E-state index in [1.54, 1.807) is 7.05 Å². The van der Waals surface area contributed by atoms with Crippen molar-refractivity contribution >= 4 is 5.91 Å². The minimum Gasteiger partial charge on any atom is -0.344 e. The Bertz CT molecular complexity index is 755. The van der Waals surface area contributed by atoms with Crippen LogP contribution in [0, 0.1) is 23.7 Å². The van der Waals surface area contributed by atoms with E-state index in [0.29, 0.717) is 6.04 Å². The minimum atomic E-state index is -4.71. The Morgan fingerprint density at radius 2 is 1.37 bits per heavy atom. The Hall–Kier alpha value is -1.03. The van der Waals surface area contributed by atoms with E-state index >= 15 is 0 Å². The predicted molar refractivity (Wildman–Crippen MR) is 134 cm³/mol. The van der Waals surface area contributed by atoms with Crippen LogP contribution in [0.2, 0.25) is 0 Å². The maximum absolute atomic E-state index is 13.9.